The highest BCUT2D eigenvalue weighted by Gasteiger charge is 2.42. The topological polar surface area (TPSA) is 36.1 Å². The second-order valence-corrected chi connectivity index (χ2v) is 5.60. The number of hydrogen-bond donors (Lipinski definition) is 0. The van der Waals surface area contributed by atoms with Gasteiger partial charge in [0.15, 0.2) is 0 Å². The maximum absolute atomic E-state index is 8.79. The first-order chi connectivity index (χ1) is 8.25. The van der Waals surface area contributed by atoms with E-state index in [2.05, 4.69) is 51.3 Å². The Hall–Kier alpha value is -1.40. The molecule has 0 bridgehead atoms. The lowest BCUT2D eigenvalue weighted by atomic mass is 9.80. The van der Waals surface area contributed by atoms with Gasteiger partial charge in [0.05, 0.1) is 5.71 Å². The molecule has 3 heteroatoms. The molecule has 17 heavy (non-hydrogen) atoms. The standard InChI is InChI=1S/C14H11BrN2/c15-10-3-4-12-11(7-10)13(17-9-16)8-14(12)5-1-2-6-14/h1-4,7H,5-6,8H2. The van der Waals surface area contributed by atoms with E-state index in [-0.39, 0.29) is 5.41 Å². The van der Waals surface area contributed by atoms with Crippen molar-refractivity contribution in [2.45, 2.75) is 24.7 Å². The van der Waals surface area contributed by atoms with Gasteiger partial charge in [-0.1, -0.05) is 34.1 Å². The highest BCUT2D eigenvalue weighted by atomic mass is 79.9. The van der Waals surface area contributed by atoms with Crippen LogP contribution in [0.3, 0.4) is 0 Å². The molecule has 2 aliphatic rings. The van der Waals surface area contributed by atoms with Gasteiger partial charge in [0.1, 0.15) is 0 Å². The van der Waals surface area contributed by atoms with E-state index in [9.17, 15) is 0 Å². The number of nitriles is 1. The summed E-state index contributed by atoms with van der Waals surface area (Å²) in [6, 6.07) is 6.33. The Kier molecular flexibility index (Phi) is 2.41. The van der Waals surface area contributed by atoms with Crippen molar-refractivity contribution in [1.29, 1.82) is 5.26 Å². The molecule has 84 valence electrons. The zero-order valence-corrected chi connectivity index (χ0v) is 10.9. The van der Waals surface area contributed by atoms with E-state index in [1.165, 1.54) is 5.56 Å². The molecule has 0 atom stereocenters. The van der Waals surface area contributed by atoms with Crippen molar-refractivity contribution >= 4 is 21.6 Å². The quantitative estimate of drug-likeness (QED) is 0.529. The van der Waals surface area contributed by atoms with E-state index in [1.807, 2.05) is 6.19 Å². The van der Waals surface area contributed by atoms with Crippen LogP contribution in [0.2, 0.25) is 0 Å². The summed E-state index contributed by atoms with van der Waals surface area (Å²) in [5, 5.41) is 8.79. The molecule has 0 saturated carbocycles. The first kappa shape index (κ1) is 10.7. The maximum Gasteiger partial charge on any atom is 0.205 e. The summed E-state index contributed by atoms with van der Waals surface area (Å²) in [5.74, 6) is 0. The van der Waals surface area contributed by atoms with Gasteiger partial charge in [0, 0.05) is 21.9 Å². The van der Waals surface area contributed by atoms with Crippen molar-refractivity contribution in [2.24, 2.45) is 4.99 Å². The Morgan fingerprint density at radius 1 is 1.29 bits per heavy atom. The van der Waals surface area contributed by atoms with E-state index in [4.69, 9.17) is 5.26 Å². The minimum Gasteiger partial charge on any atom is -0.178 e. The molecule has 0 heterocycles. The molecule has 0 N–H and O–H groups in total. The maximum atomic E-state index is 8.79. The molecule has 1 spiro atoms. The summed E-state index contributed by atoms with van der Waals surface area (Å²) in [4.78, 5) is 4.00. The summed E-state index contributed by atoms with van der Waals surface area (Å²) in [6.45, 7) is 0. The lowest BCUT2D eigenvalue weighted by molar-refractivity contribution is 0.492. The van der Waals surface area contributed by atoms with Crippen molar-refractivity contribution in [3.05, 3.63) is 46.0 Å². The van der Waals surface area contributed by atoms with Gasteiger partial charge in [-0.25, -0.2) is 0 Å². The molecule has 2 aliphatic carbocycles. The Morgan fingerprint density at radius 2 is 2.06 bits per heavy atom. The Balaban J connectivity index is 2.18. The predicted octanol–water partition coefficient (Wildman–Crippen LogP) is 3.71. The van der Waals surface area contributed by atoms with Gasteiger partial charge in [0.25, 0.3) is 0 Å². The third-order valence-electron chi connectivity index (χ3n) is 3.74. The molecule has 2 nitrogen and oxygen atoms in total. The van der Waals surface area contributed by atoms with Crippen molar-refractivity contribution in [1.82, 2.24) is 0 Å². The highest BCUT2D eigenvalue weighted by molar-refractivity contribution is 9.10. The molecule has 1 aromatic carbocycles. The van der Waals surface area contributed by atoms with Crippen LogP contribution in [0.1, 0.15) is 30.4 Å². The number of nitrogens with zero attached hydrogens (tertiary/aromatic N) is 2. The Bertz CT molecular complexity index is 570. The Labute approximate surface area is 109 Å². The first-order valence-electron chi connectivity index (χ1n) is 5.66. The fraction of sp³-hybridized carbons (Fsp3) is 0.286. The molecule has 0 aliphatic heterocycles. The lowest BCUT2D eigenvalue weighted by Crippen LogP contribution is -2.18. The van der Waals surface area contributed by atoms with Crippen LogP contribution >= 0.6 is 15.9 Å². The van der Waals surface area contributed by atoms with Gasteiger partial charge < -0.3 is 0 Å². The van der Waals surface area contributed by atoms with E-state index in [1.54, 1.807) is 0 Å². The largest absolute Gasteiger partial charge is 0.205 e. The molecule has 0 saturated heterocycles. The highest BCUT2D eigenvalue weighted by Crippen LogP contribution is 2.48. The van der Waals surface area contributed by atoms with Crippen molar-refractivity contribution < 1.29 is 0 Å². The van der Waals surface area contributed by atoms with Gasteiger partial charge in [-0.15, -0.1) is 0 Å². The second-order valence-electron chi connectivity index (χ2n) is 4.69. The van der Waals surface area contributed by atoms with E-state index >= 15 is 0 Å². The van der Waals surface area contributed by atoms with Gasteiger partial charge >= 0.3 is 0 Å². The number of allylic oxidation sites excluding steroid dienone is 2. The van der Waals surface area contributed by atoms with E-state index < -0.39 is 0 Å². The van der Waals surface area contributed by atoms with E-state index in [0.717, 1.165) is 35.0 Å². The summed E-state index contributed by atoms with van der Waals surface area (Å²) < 4.78 is 1.05. The monoisotopic (exact) mass is 286 g/mol. The zero-order chi connectivity index (χ0) is 11.9. The number of benzene rings is 1. The number of rotatable bonds is 0. The van der Waals surface area contributed by atoms with Gasteiger partial charge in [0.2, 0.25) is 6.19 Å². The van der Waals surface area contributed by atoms with Crippen molar-refractivity contribution in [3.8, 4) is 6.19 Å². The summed E-state index contributed by atoms with van der Waals surface area (Å²) in [6.07, 6.45) is 9.41. The van der Waals surface area contributed by atoms with Crippen LogP contribution < -0.4 is 0 Å². The Morgan fingerprint density at radius 3 is 2.76 bits per heavy atom. The molecule has 3 rings (SSSR count). The zero-order valence-electron chi connectivity index (χ0n) is 9.28. The third-order valence-corrected chi connectivity index (χ3v) is 4.23. The molecule has 0 unspecified atom stereocenters. The molecule has 0 radical (unpaired) electrons. The van der Waals surface area contributed by atoms with Crippen molar-refractivity contribution in [3.63, 3.8) is 0 Å². The van der Waals surface area contributed by atoms with Crippen LogP contribution in [-0.2, 0) is 5.41 Å². The number of hydrogen-bond acceptors (Lipinski definition) is 2. The average molecular weight is 287 g/mol. The lowest BCUT2D eigenvalue weighted by Gasteiger charge is -2.23. The van der Waals surface area contributed by atoms with Crippen LogP contribution in [0.4, 0.5) is 0 Å². The summed E-state index contributed by atoms with van der Waals surface area (Å²) in [7, 11) is 0. The fourth-order valence-electron chi connectivity index (χ4n) is 2.95. The molecule has 0 aromatic heterocycles. The van der Waals surface area contributed by atoms with Gasteiger partial charge in [-0.2, -0.15) is 10.3 Å². The molecule has 0 fully saturated rings. The molecular weight excluding hydrogens is 276 g/mol. The molecule has 0 amide bonds. The summed E-state index contributed by atoms with van der Waals surface area (Å²) >= 11 is 3.49. The minimum absolute atomic E-state index is 0.172. The molecular formula is C14H11BrN2. The van der Waals surface area contributed by atoms with Crippen LogP contribution in [-0.4, -0.2) is 5.71 Å². The normalized spacial score (nSPS) is 22.0. The SMILES string of the molecule is N#CN=C1CC2(CC=CC2)c2ccc(Br)cc21. The van der Waals surface area contributed by atoms with Gasteiger partial charge in [-0.3, -0.25) is 0 Å². The number of fused-ring (bicyclic) bond motifs is 2. The van der Waals surface area contributed by atoms with Crippen LogP contribution in [0.15, 0.2) is 39.8 Å². The van der Waals surface area contributed by atoms with E-state index in [0.29, 0.717) is 0 Å². The number of aliphatic imine (C=N–C) groups is 1. The van der Waals surface area contributed by atoms with Crippen LogP contribution in [0.5, 0.6) is 0 Å². The van der Waals surface area contributed by atoms with Crippen LogP contribution in [0.25, 0.3) is 0 Å². The fourth-order valence-corrected chi connectivity index (χ4v) is 3.32. The predicted molar refractivity (Wildman–Crippen MR) is 71.0 cm³/mol. The van der Waals surface area contributed by atoms with Crippen molar-refractivity contribution in [2.75, 3.05) is 0 Å². The smallest absolute Gasteiger partial charge is 0.178 e. The average Bonchev–Trinajstić information content (AvgIpc) is 2.88. The summed E-state index contributed by atoms with van der Waals surface area (Å²) in [5.41, 5.74) is 3.60. The first-order valence-corrected chi connectivity index (χ1v) is 6.45. The minimum atomic E-state index is 0.172. The third kappa shape index (κ3) is 1.56. The van der Waals surface area contributed by atoms with Gasteiger partial charge in [-0.05, 0) is 30.5 Å². The van der Waals surface area contributed by atoms with Crippen LogP contribution in [0, 0.1) is 11.5 Å². The second kappa shape index (κ2) is 3.82. The number of halogens is 1. The molecule has 1 aromatic rings.